The summed E-state index contributed by atoms with van der Waals surface area (Å²) in [4.78, 5) is 12.3. The molecule has 1 amide bonds. The van der Waals surface area contributed by atoms with Crippen LogP contribution < -0.4 is 10.6 Å². The predicted octanol–water partition coefficient (Wildman–Crippen LogP) is 1.84. The van der Waals surface area contributed by atoms with E-state index in [2.05, 4.69) is 10.6 Å². The Labute approximate surface area is 116 Å². The number of carbonyl (C=O) groups excluding carboxylic acids is 1. The Kier molecular flexibility index (Phi) is 5.64. The maximum atomic E-state index is 12.3. The highest BCUT2D eigenvalue weighted by Crippen LogP contribution is 2.28. The molecule has 2 N–H and O–H groups in total. The van der Waals surface area contributed by atoms with E-state index in [9.17, 15) is 4.79 Å². The number of nitrogens with one attached hydrogen (secondary N) is 2. The van der Waals surface area contributed by atoms with Gasteiger partial charge in [-0.15, -0.1) is 0 Å². The average Bonchev–Trinajstić information content (AvgIpc) is 2.97. The summed E-state index contributed by atoms with van der Waals surface area (Å²) in [6.07, 6.45) is 9.50. The smallest absolute Gasteiger partial charge is 0.252 e. The van der Waals surface area contributed by atoms with E-state index in [1.54, 1.807) is 7.11 Å². The van der Waals surface area contributed by atoms with Crippen LogP contribution in [0, 0.1) is 5.92 Å². The van der Waals surface area contributed by atoms with Gasteiger partial charge in [-0.3, -0.25) is 4.79 Å². The third-order valence-electron chi connectivity index (χ3n) is 4.77. The number of methoxy groups -OCH3 is 1. The van der Waals surface area contributed by atoms with Crippen molar-refractivity contribution in [2.24, 2.45) is 5.92 Å². The van der Waals surface area contributed by atoms with Gasteiger partial charge in [0.1, 0.15) is 5.60 Å². The number of piperidine rings is 1. The van der Waals surface area contributed by atoms with Gasteiger partial charge in [0.25, 0.3) is 5.91 Å². The van der Waals surface area contributed by atoms with Gasteiger partial charge >= 0.3 is 0 Å². The zero-order valence-corrected chi connectivity index (χ0v) is 12.2. The molecule has 1 saturated heterocycles. The van der Waals surface area contributed by atoms with E-state index in [4.69, 9.17) is 4.74 Å². The van der Waals surface area contributed by atoms with Crippen molar-refractivity contribution >= 4 is 5.91 Å². The molecule has 0 unspecified atom stereocenters. The van der Waals surface area contributed by atoms with Gasteiger partial charge < -0.3 is 15.4 Å². The lowest BCUT2D eigenvalue weighted by Crippen LogP contribution is -2.54. The SMILES string of the molecule is COC1(C(=O)NCCCC2CCCC2)CCNCC1. The predicted molar refractivity (Wildman–Crippen MR) is 76.0 cm³/mol. The minimum absolute atomic E-state index is 0.0860. The first kappa shape index (κ1) is 14.8. The van der Waals surface area contributed by atoms with Gasteiger partial charge in [-0.25, -0.2) is 0 Å². The number of hydrogen-bond acceptors (Lipinski definition) is 3. The van der Waals surface area contributed by atoms with Crippen molar-refractivity contribution in [1.82, 2.24) is 10.6 Å². The molecule has 0 spiro atoms. The van der Waals surface area contributed by atoms with Crippen LogP contribution in [0.4, 0.5) is 0 Å². The summed E-state index contributed by atoms with van der Waals surface area (Å²) in [5.41, 5.74) is -0.585. The first-order chi connectivity index (χ1) is 9.27. The largest absolute Gasteiger partial charge is 0.368 e. The van der Waals surface area contributed by atoms with Crippen molar-refractivity contribution in [3.8, 4) is 0 Å². The number of rotatable bonds is 6. The lowest BCUT2D eigenvalue weighted by molar-refractivity contribution is -0.146. The molecule has 2 rings (SSSR count). The zero-order chi connectivity index (χ0) is 13.6. The van der Waals surface area contributed by atoms with Crippen LogP contribution in [0.2, 0.25) is 0 Å². The van der Waals surface area contributed by atoms with E-state index in [-0.39, 0.29) is 5.91 Å². The van der Waals surface area contributed by atoms with Crippen LogP contribution in [0.25, 0.3) is 0 Å². The summed E-state index contributed by atoms with van der Waals surface area (Å²) in [5, 5.41) is 6.35. The number of ether oxygens (including phenoxy) is 1. The van der Waals surface area contributed by atoms with Gasteiger partial charge in [0.15, 0.2) is 0 Å². The molecular weight excluding hydrogens is 240 g/mol. The molecule has 1 aliphatic heterocycles. The summed E-state index contributed by atoms with van der Waals surface area (Å²) in [6.45, 7) is 2.53. The second-order valence-electron chi connectivity index (χ2n) is 6.00. The maximum absolute atomic E-state index is 12.3. The number of carbonyl (C=O) groups is 1. The van der Waals surface area contributed by atoms with Gasteiger partial charge in [-0.05, 0) is 44.7 Å². The molecule has 110 valence electrons. The van der Waals surface area contributed by atoms with E-state index >= 15 is 0 Å². The first-order valence-corrected chi connectivity index (χ1v) is 7.81. The zero-order valence-electron chi connectivity index (χ0n) is 12.2. The number of amides is 1. The van der Waals surface area contributed by atoms with Crippen molar-refractivity contribution in [2.75, 3.05) is 26.7 Å². The normalized spacial score (nSPS) is 23.4. The maximum Gasteiger partial charge on any atom is 0.252 e. The fourth-order valence-electron chi connectivity index (χ4n) is 3.41. The van der Waals surface area contributed by atoms with Gasteiger partial charge in [0.2, 0.25) is 0 Å². The Morgan fingerprint density at radius 1 is 1.32 bits per heavy atom. The van der Waals surface area contributed by atoms with Crippen LogP contribution in [0.1, 0.15) is 51.4 Å². The minimum Gasteiger partial charge on any atom is -0.368 e. The topological polar surface area (TPSA) is 50.4 Å². The Morgan fingerprint density at radius 2 is 2.00 bits per heavy atom. The van der Waals surface area contributed by atoms with E-state index < -0.39 is 5.60 Å². The fraction of sp³-hybridized carbons (Fsp3) is 0.933. The Bertz CT molecular complexity index is 282. The Balaban J connectivity index is 1.67. The highest BCUT2D eigenvalue weighted by atomic mass is 16.5. The van der Waals surface area contributed by atoms with Gasteiger partial charge in [0.05, 0.1) is 0 Å². The molecule has 4 nitrogen and oxygen atoms in total. The van der Waals surface area contributed by atoms with Crippen LogP contribution in [0.15, 0.2) is 0 Å². The van der Waals surface area contributed by atoms with Crippen LogP contribution in [0.5, 0.6) is 0 Å². The summed E-state index contributed by atoms with van der Waals surface area (Å²) in [5.74, 6) is 0.995. The van der Waals surface area contributed by atoms with Crippen molar-refractivity contribution in [3.05, 3.63) is 0 Å². The van der Waals surface area contributed by atoms with Crippen LogP contribution in [-0.4, -0.2) is 38.3 Å². The quantitative estimate of drug-likeness (QED) is 0.723. The molecule has 1 heterocycles. The molecule has 2 aliphatic rings. The molecule has 1 saturated carbocycles. The minimum atomic E-state index is -0.585. The van der Waals surface area contributed by atoms with Crippen LogP contribution in [-0.2, 0) is 9.53 Å². The molecule has 0 atom stereocenters. The highest BCUT2D eigenvalue weighted by Gasteiger charge is 2.39. The third-order valence-corrected chi connectivity index (χ3v) is 4.77. The summed E-state index contributed by atoms with van der Waals surface area (Å²) < 4.78 is 5.52. The molecule has 1 aliphatic carbocycles. The van der Waals surface area contributed by atoms with Crippen molar-refractivity contribution in [3.63, 3.8) is 0 Å². The number of hydrogen-bond donors (Lipinski definition) is 2. The van der Waals surface area contributed by atoms with Crippen LogP contribution in [0.3, 0.4) is 0 Å². The molecule has 0 aromatic rings. The van der Waals surface area contributed by atoms with E-state index in [1.165, 1.54) is 32.1 Å². The Morgan fingerprint density at radius 3 is 2.63 bits per heavy atom. The van der Waals surface area contributed by atoms with Gasteiger partial charge in [0, 0.05) is 13.7 Å². The standard InChI is InChI=1S/C15H28N2O2/c1-19-15(8-11-16-12-9-15)14(18)17-10-4-7-13-5-2-3-6-13/h13,16H,2-12H2,1H3,(H,17,18). The fourth-order valence-corrected chi connectivity index (χ4v) is 3.41. The second-order valence-corrected chi connectivity index (χ2v) is 6.00. The third kappa shape index (κ3) is 3.93. The van der Waals surface area contributed by atoms with Crippen LogP contribution >= 0.6 is 0 Å². The van der Waals surface area contributed by atoms with Gasteiger partial charge in [-0.2, -0.15) is 0 Å². The molecule has 2 fully saturated rings. The van der Waals surface area contributed by atoms with Gasteiger partial charge in [-0.1, -0.05) is 25.7 Å². The summed E-state index contributed by atoms with van der Waals surface area (Å²) >= 11 is 0. The van der Waals surface area contributed by atoms with Crippen molar-refractivity contribution < 1.29 is 9.53 Å². The molecule has 4 heteroatoms. The Hall–Kier alpha value is -0.610. The second kappa shape index (κ2) is 7.25. The first-order valence-electron chi connectivity index (χ1n) is 7.81. The molecule has 0 aromatic heterocycles. The lowest BCUT2D eigenvalue weighted by atomic mass is 9.91. The average molecular weight is 268 g/mol. The monoisotopic (exact) mass is 268 g/mol. The van der Waals surface area contributed by atoms with Crippen molar-refractivity contribution in [2.45, 2.75) is 57.0 Å². The van der Waals surface area contributed by atoms with E-state index in [0.29, 0.717) is 0 Å². The van der Waals surface area contributed by atoms with E-state index in [1.807, 2.05) is 0 Å². The molecule has 0 radical (unpaired) electrons. The summed E-state index contributed by atoms with van der Waals surface area (Å²) in [6, 6.07) is 0. The summed E-state index contributed by atoms with van der Waals surface area (Å²) in [7, 11) is 1.66. The van der Waals surface area contributed by atoms with Crippen molar-refractivity contribution in [1.29, 1.82) is 0 Å². The molecule has 0 aromatic carbocycles. The molecule has 0 bridgehead atoms. The molecule has 19 heavy (non-hydrogen) atoms. The lowest BCUT2D eigenvalue weighted by Gasteiger charge is -2.34. The molecular formula is C15H28N2O2. The van der Waals surface area contributed by atoms with E-state index in [0.717, 1.165) is 44.8 Å². The highest BCUT2D eigenvalue weighted by molar-refractivity contribution is 5.85.